The van der Waals surface area contributed by atoms with E-state index in [4.69, 9.17) is 11.6 Å². The van der Waals surface area contributed by atoms with E-state index in [-0.39, 0.29) is 23.7 Å². The maximum absolute atomic E-state index is 12.7. The largest absolute Gasteiger partial charge is 0.354 e. The topological polar surface area (TPSA) is 76.0 Å². The molecule has 2 amide bonds. The van der Waals surface area contributed by atoms with E-state index in [1.165, 1.54) is 6.42 Å². The molecule has 3 rings (SSSR count). The van der Waals surface area contributed by atoms with Crippen molar-refractivity contribution >= 4 is 23.4 Å². The second-order valence-electron chi connectivity index (χ2n) is 7.87. The van der Waals surface area contributed by atoms with Crippen LogP contribution in [0, 0.1) is 5.92 Å². The number of hydrogen-bond donors (Lipinski definition) is 2. The van der Waals surface area contributed by atoms with Crippen molar-refractivity contribution in [1.82, 2.24) is 20.4 Å². The van der Waals surface area contributed by atoms with Crippen molar-refractivity contribution in [2.75, 3.05) is 13.1 Å². The molecular weight excluding hydrogens is 388 g/mol. The van der Waals surface area contributed by atoms with Gasteiger partial charge >= 0.3 is 0 Å². The highest BCUT2D eigenvalue weighted by Crippen LogP contribution is 2.25. The average Bonchev–Trinajstić information content (AvgIpc) is 3.17. The third-order valence-electron chi connectivity index (χ3n) is 5.34. The summed E-state index contributed by atoms with van der Waals surface area (Å²) in [7, 11) is 0. The van der Waals surface area contributed by atoms with Crippen molar-refractivity contribution in [3.63, 3.8) is 0 Å². The minimum atomic E-state index is -0.186. The highest BCUT2D eigenvalue weighted by molar-refractivity contribution is 6.30. The lowest BCUT2D eigenvalue weighted by molar-refractivity contribution is -0.125. The van der Waals surface area contributed by atoms with Gasteiger partial charge in [0.2, 0.25) is 5.91 Å². The van der Waals surface area contributed by atoms with E-state index >= 15 is 0 Å². The molecule has 1 aromatic carbocycles. The van der Waals surface area contributed by atoms with E-state index in [1.807, 2.05) is 32.0 Å². The van der Waals surface area contributed by atoms with Crippen molar-refractivity contribution in [3.05, 3.63) is 46.7 Å². The lowest BCUT2D eigenvalue weighted by Gasteiger charge is -2.20. The first-order valence-electron chi connectivity index (χ1n) is 10.4. The molecule has 7 heteroatoms. The summed E-state index contributed by atoms with van der Waals surface area (Å²) in [5, 5.41) is 10.9. The van der Waals surface area contributed by atoms with Crippen LogP contribution in [0.5, 0.6) is 0 Å². The molecule has 1 heterocycles. The summed E-state index contributed by atoms with van der Waals surface area (Å²) in [6.45, 7) is 4.87. The second-order valence-corrected chi connectivity index (χ2v) is 8.31. The van der Waals surface area contributed by atoms with Gasteiger partial charge in [-0.05, 0) is 37.0 Å². The maximum atomic E-state index is 12.7. The lowest BCUT2D eigenvalue weighted by atomic mass is 9.89. The van der Waals surface area contributed by atoms with E-state index in [2.05, 4.69) is 15.7 Å². The Labute approximate surface area is 177 Å². The normalized spacial score (nSPS) is 14.8. The lowest BCUT2D eigenvalue weighted by Crippen LogP contribution is -2.38. The third kappa shape index (κ3) is 5.38. The smallest absolute Gasteiger partial charge is 0.254 e. The van der Waals surface area contributed by atoms with Crippen LogP contribution in [0.15, 0.2) is 30.5 Å². The summed E-state index contributed by atoms with van der Waals surface area (Å²) >= 11 is 6.11. The minimum absolute atomic E-state index is 0.100. The van der Waals surface area contributed by atoms with E-state index in [1.54, 1.807) is 16.9 Å². The Morgan fingerprint density at radius 3 is 2.59 bits per heavy atom. The SMILES string of the molecule is CC(C)c1c(C(=O)NCCNC(=O)C2CCCCC2)cnn1-c1cccc(Cl)c1. The van der Waals surface area contributed by atoms with Crippen molar-refractivity contribution in [1.29, 1.82) is 0 Å². The number of rotatable bonds is 7. The Morgan fingerprint density at radius 1 is 1.17 bits per heavy atom. The first-order chi connectivity index (χ1) is 14.0. The molecule has 0 spiro atoms. The van der Waals surface area contributed by atoms with Crippen LogP contribution in [-0.2, 0) is 4.79 Å². The van der Waals surface area contributed by atoms with E-state index < -0.39 is 0 Å². The zero-order valence-corrected chi connectivity index (χ0v) is 17.8. The van der Waals surface area contributed by atoms with Crippen molar-refractivity contribution in [3.8, 4) is 5.69 Å². The number of amides is 2. The quantitative estimate of drug-likeness (QED) is 0.668. The fourth-order valence-corrected chi connectivity index (χ4v) is 4.05. The molecule has 2 aromatic rings. The average molecular weight is 417 g/mol. The summed E-state index contributed by atoms with van der Waals surface area (Å²) in [5.74, 6) is 0.149. The maximum Gasteiger partial charge on any atom is 0.254 e. The zero-order valence-electron chi connectivity index (χ0n) is 17.1. The summed E-state index contributed by atoms with van der Waals surface area (Å²) in [4.78, 5) is 24.9. The molecule has 1 aromatic heterocycles. The van der Waals surface area contributed by atoms with Crippen LogP contribution in [0.4, 0.5) is 0 Å². The molecule has 6 nitrogen and oxygen atoms in total. The number of nitrogens with zero attached hydrogens (tertiary/aromatic N) is 2. The fraction of sp³-hybridized carbons (Fsp3) is 0.500. The number of nitrogens with one attached hydrogen (secondary N) is 2. The minimum Gasteiger partial charge on any atom is -0.354 e. The predicted octanol–water partition coefficient (Wildman–Crippen LogP) is 4.08. The number of halogens is 1. The molecule has 0 saturated heterocycles. The van der Waals surface area contributed by atoms with Crippen molar-refractivity contribution in [2.24, 2.45) is 5.92 Å². The molecular formula is C22H29ClN4O2. The summed E-state index contributed by atoms with van der Waals surface area (Å²) in [5.41, 5.74) is 2.19. The van der Waals surface area contributed by atoms with Gasteiger partial charge in [0.25, 0.3) is 5.91 Å². The predicted molar refractivity (Wildman–Crippen MR) is 115 cm³/mol. The Bertz CT molecular complexity index is 856. The molecule has 1 saturated carbocycles. The molecule has 1 fully saturated rings. The summed E-state index contributed by atoms with van der Waals surface area (Å²) < 4.78 is 1.76. The molecule has 0 radical (unpaired) electrons. The first kappa shape index (κ1) is 21.4. The van der Waals surface area contributed by atoms with Gasteiger partial charge in [0.05, 0.1) is 23.1 Å². The molecule has 0 bridgehead atoms. The number of hydrogen-bond acceptors (Lipinski definition) is 3. The molecule has 1 aliphatic carbocycles. The van der Waals surface area contributed by atoms with Crippen molar-refractivity contribution in [2.45, 2.75) is 51.9 Å². The Morgan fingerprint density at radius 2 is 1.90 bits per heavy atom. The Hall–Kier alpha value is -2.34. The zero-order chi connectivity index (χ0) is 20.8. The molecule has 0 atom stereocenters. The second kappa shape index (κ2) is 9.92. The van der Waals surface area contributed by atoms with Crippen molar-refractivity contribution < 1.29 is 9.59 Å². The van der Waals surface area contributed by atoms with Crippen LogP contribution in [-0.4, -0.2) is 34.7 Å². The van der Waals surface area contributed by atoms with Gasteiger partial charge in [0.15, 0.2) is 0 Å². The van der Waals surface area contributed by atoms with Gasteiger partial charge < -0.3 is 10.6 Å². The van der Waals surface area contributed by atoms with E-state index in [9.17, 15) is 9.59 Å². The highest BCUT2D eigenvalue weighted by atomic mass is 35.5. The molecule has 1 aliphatic rings. The Kier molecular flexibility index (Phi) is 7.31. The summed E-state index contributed by atoms with van der Waals surface area (Å²) in [6, 6.07) is 7.40. The molecule has 29 heavy (non-hydrogen) atoms. The number of benzene rings is 1. The number of carbonyl (C=O) groups excluding carboxylic acids is 2. The molecule has 156 valence electrons. The Balaban J connectivity index is 1.60. The van der Waals surface area contributed by atoms with Crippen LogP contribution in [0.25, 0.3) is 5.69 Å². The molecule has 2 N–H and O–H groups in total. The van der Waals surface area contributed by atoms with Gasteiger partial charge in [-0.1, -0.05) is 50.8 Å². The van der Waals surface area contributed by atoms with Crippen LogP contribution in [0.2, 0.25) is 5.02 Å². The van der Waals surface area contributed by atoms with Gasteiger partial charge in [-0.15, -0.1) is 0 Å². The third-order valence-corrected chi connectivity index (χ3v) is 5.57. The van der Waals surface area contributed by atoms with E-state index in [0.29, 0.717) is 23.7 Å². The van der Waals surface area contributed by atoms with Crippen LogP contribution in [0.3, 0.4) is 0 Å². The fourth-order valence-electron chi connectivity index (χ4n) is 3.87. The standard InChI is InChI=1S/C22H29ClN4O2/c1-15(2)20-19(14-26-27(20)18-10-6-9-17(23)13-18)22(29)25-12-11-24-21(28)16-7-4-3-5-8-16/h6,9-10,13-16H,3-5,7-8,11-12H2,1-2H3,(H,24,28)(H,25,29). The first-order valence-corrected chi connectivity index (χ1v) is 10.7. The summed E-state index contributed by atoms with van der Waals surface area (Å²) in [6.07, 6.45) is 7.01. The molecule has 0 aliphatic heterocycles. The molecule has 0 unspecified atom stereocenters. The number of carbonyl (C=O) groups is 2. The number of aromatic nitrogens is 2. The van der Waals surface area contributed by atoms with Gasteiger partial charge in [0, 0.05) is 24.0 Å². The van der Waals surface area contributed by atoms with Gasteiger partial charge in [-0.25, -0.2) is 4.68 Å². The van der Waals surface area contributed by atoms with Gasteiger partial charge in [0.1, 0.15) is 0 Å². The highest BCUT2D eigenvalue weighted by Gasteiger charge is 2.22. The van der Waals surface area contributed by atoms with E-state index in [0.717, 1.165) is 37.1 Å². The van der Waals surface area contributed by atoms with Crippen LogP contribution >= 0.6 is 11.6 Å². The van der Waals surface area contributed by atoms with Crippen LogP contribution in [0.1, 0.15) is 67.9 Å². The van der Waals surface area contributed by atoms with Crippen LogP contribution < -0.4 is 10.6 Å². The van der Waals surface area contributed by atoms with Gasteiger partial charge in [-0.3, -0.25) is 9.59 Å². The van der Waals surface area contributed by atoms with Gasteiger partial charge in [-0.2, -0.15) is 5.10 Å². The monoisotopic (exact) mass is 416 g/mol.